The first-order chi connectivity index (χ1) is 24.1. The van der Waals surface area contributed by atoms with Crippen molar-refractivity contribution in [2.24, 2.45) is 35.5 Å². The predicted molar refractivity (Wildman–Crippen MR) is 219 cm³/mol. The molecule has 296 valence electrons. The smallest absolute Gasteiger partial charge is 0.115 e. The van der Waals surface area contributed by atoms with Crippen LogP contribution in [0.2, 0.25) is 0 Å². The number of β-amino-alcohol motifs (C(OH)–C–C–N with tert-alkyl or cyclic N) is 1. The number of likely N-dealkylation sites (N-methyl/N-ethyl adjacent to an activating group) is 1. The van der Waals surface area contributed by atoms with Crippen molar-refractivity contribution in [2.45, 2.75) is 168 Å². The van der Waals surface area contributed by atoms with Gasteiger partial charge < -0.3 is 19.4 Å². The Labute approximate surface area is 314 Å². The van der Waals surface area contributed by atoms with Gasteiger partial charge in [0.25, 0.3) is 0 Å². The van der Waals surface area contributed by atoms with E-state index in [4.69, 9.17) is 0 Å². The molecule has 3 aliphatic heterocycles. The summed E-state index contributed by atoms with van der Waals surface area (Å²) in [5.74, 6) is 5.26. The quantitative estimate of drug-likeness (QED) is 0.0601. The van der Waals surface area contributed by atoms with Gasteiger partial charge >= 0.3 is 0 Å². The summed E-state index contributed by atoms with van der Waals surface area (Å²) in [6.07, 6.45) is 30.9. The van der Waals surface area contributed by atoms with Gasteiger partial charge in [0, 0.05) is 31.5 Å². The molecule has 0 spiro atoms. The summed E-state index contributed by atoms with van der Waals surface area (Å²) in [6.45, 7) is 17.8. The minimum atomic E-state index is -0.211. The molecule has 3 heterocycles. The molecular formula is C45H92N4O+2. The molecule has 50 heavy (non-hydrogen) atoms. The Hall–Kier alpha value is -0.200. The SMILES string of the molecule is CCCCCCCCCCCCCCCCCC[N+](C)(C)CC(O)CN1CC(CC)C(CCC2CNCC2CCC2C[N+](C)(C)CC2CC)C1. The number of unbranched alkanes of at least 4 members (excludes halogenated alkanes) is 15. The van der Waals surface area contributed by atoms with Crippen LogP contribution in [0.15, 0.2) is 0 Å². The van der Waals surface area contributed by atoms with Crippen molar-refractivity contribution in [3.8, 4) is 0 Å². The Morgan fingerprint density at radius 3 is 1.56 bits per heavy atom. The lowest BCUT2D eigenvalue weighted by atomic mass is 9.80. The van der Waals surface area contributed by atoms with Gasteiger partial charge in [0.2, 0.25) is 0 Å². The first-order valence-corrected chi connectivity index (χ1v) is 22.8. The highest BCUT2D eigenvalue weighted by atomic mass is 16.3. The average molecular weight is 705 g/mol. The van der Waals surface area contributed by atoms with Crippen molar-refractivity contribution in [3.63, 3.8) is 0 Å². The number of hydrogen-bond donors (Lipinski definition) is 2. The zero-order valence-corrected chi connectivity index (χ0v) is 35.3. The van der Waals surface area contributed by atoms with Gasteiger partial charge in [-0.3, -0.25) is 4.90 Å². The maximum absolute atomic E-state index is 11.2. The number of aliphatic hydroxyl groups excluding tert-OH is 1. The number of likely N-dealkylation sites (tertiary alicyclic amines) is 2. The Balaban J connectivity index is 1.22. The van der Waals surface area contributed by atoms with Crippen LogP contribution in [0.1, 0.15) is 162 Å². The third-order valence-corrected chi connectivity index (χ3v) is 13.9. The second-order valence-electron chi connectivity index (χ2n) is 19.5. The van der Waals surface area contributed by atoms with E-state index in [1.54, 1.807) is 0 Å². The topological polar surface area (TPSA) is 35.5 Å². The molecule has 2 N–H and O–H groups in total. The van der Waals surface area contributed by atoms with Crippen LogP contribution < -0.4 is 5.32 Å². The van der Waals surface area contributed by atoms with E-state index in [1.165, 1.54) is 192 Å². The first kappa shape index (κ1) is 44.2. The first-order valence-electron chi connectivity index (χ1n) is 22.8. The van der Waals surface area contributed by atoms with Crippen LogP contribution in [0.25, 0.3) is 0 Å². The summed E-state index contributed by atoms with van der Waals surface area (Å²) in [4.78, 5) is 2.63. The third-order valence-electron chi connectivity index (χ3n) is 13.9. The van der Waals surface area contributed by atoms with E-state index in [9.17, 15) is 5.11 Å². The molecule has 3 saturated heterocycles. The molecule has 0 aromatic carbocycles. The number of hydrogen-bond acceptors (Lipinski definition) is 3. The summed E-state index contributed by atoms with van der Waals surface area (Å²) < 4.78 is 2.19. The zero-order chi connectivity index (χ0) is 36.2. The van der Waals surface area contributed by atoms with Crippen molar-refractivity contribution in [1.29, 1.82) is 0 Å². The molecule has 0 aliphatic carbocycles. The highest BCUT2D eigenvalue weighted by Crippen LogP contribution is 2.37. The van der Waals surface area contributed by atoms with Gasteiger partial charge in [-0.1, -0.05) is 117 Å². The molecule has 7 unspecified atom stereocenters. The van der Waals surface area contributed by atoms with Crippen molar-refractivity contribution in [1.82, 2.24) is 10.2 Å². The van der Waals surface area contributed by atoms with E-state index in [1.807, 2.05) is 0 Å². The Morgan fingerprint density at radius 1 is 0.600 bits per heavy atom. The number of rotatable bonds is 29. The standard InChI is InChI=1S/C45H92N4O/c1-8-11-12-13-14-15-16-17-18-19-20-21-22-23-24-25-30-48(4,5)38-45(50)35-47-33-39(9-2)43(34-47)28-26-41-31-46-32-42(41)27-29-44-37-49(6,7)36-40(44)10-3/h39-46,50H,8-38H2,1-7H3/q+2. The molecule has 0 aromatic rings. The molecule has 3 rings (SSSR count). The molecule has 5 heteroatoms. The Kier molecular flexibility index (Phi) is 21.4. The molecule has 0 saturated carbocycles. The van der Waals surface area contributed by atoms with Crippen LogP contribution in [0.3, 0.4) is 0 Å². The summed E-state index contributed by atoms with van der Waals surface area (Å²) in [6, 6.07) is 0. The summed E-state index contributed by atoms with van der Waals surface area (Å²) >= 11 is 0. The van der Waals surface area contributed by atoms with Crippen LogP contribution in [-0.4, -0.2) is 112 Å². The lowest BCUT2D eigenvalue weighted by molar-refractivity contribution is -0.893. The average Bonchev–Trinajstić information content (AvgIpc) is 3.77. The number of nitrogens with zero attached hydrogens (tertiary/aromatic N) is 3. The van der Waals surface area contributed by atoms with Crippen LogP contribution in [0, 0.1) is 35.5 Å². The predicted octanol–water partition coefficient (Wildman–Crippen LogP) is 9.77. The van der Waals surface area contributed by atoms with Gasteiger partial charge in [0.05, 0.1) is 47.8 Å². The third kappa shape index (κ3) is 17.3. The van der Waals surface area contributed by atoms with Crippen molar-refractivity contribution in [3.05, 3.63) is 0 Å². The summed E-state index contributed by atoms with van der Waals surface area (Å²) in [5.41, 5.74) is 0. The van der Waals surface area contributed by atoms with Crippen molar-refractivity contribution >= 4 is 0 Å². The molecule has 7 atom stereocenters. The van der Waals surface area contributed by atoms with E-state index in [2.05, 4.69) is 59.2 Å². The van der Waals surface area contributed by atoms with E-state index >= 15 is 0 Å². The van der Waals surface area contributed by atoms with Crippen molar-refractivity contribution in [2.75, 3.05) is 87.1 Å². The summed E-state index contributed by atoms with van der Waals surface area (Å²) in [5, 5.41) is 15.0. The monoisotopic (exact) mass is 705 g/mol. The fourth-order valence-electron chi connectivity index (χ4n) is 10.8. The molecule has 0 bridgehead atoms. The van der Waals surface area contributed by atoms with Crippen LogP contribution in [-0.2, 0) is 0 Å². The Bertz CT molecular complexity index is 847. The van der Waals surface area contributed by atoms with Gasteiger partial charge in [-0.25, -0.2) is 0 Å². The molecule has 5 nitrogen and oxygen atoms in total. The van der Waals surface area contributed by atoms with E-state index in [-0.39, 0.29) is 6.10 Å². The zero-order valence-electron chi connectivity index (χ0n) is 35.3. The number of quaternary nitrogens is 2. The highest BCUT2D eigenvalue weighted by molar-refractivity contribution is 4.88. The fourth-order valence-corrected chi connectivity index (χ4v) is 10.8. The molecule has 0 amide bonds. The van der Waals surface area contributed by atoms with Crippen LogP contribution >= 0.6 is 0 Å². The highest BCUT2D eigenvalue weighted by Gasteiger charge is 2.40. The molecule has 3 aliphatic rings. The second kappa shape index (κ2) is 24.3. The number of aliphatic hydroxyl groups is 1. The normalized spacial score (nSPS) is 27.8. The van der Waals surface area contributed by atoms with Crippen molar-refractivity contribution < 1.29 is 14.1 Å². The Morgan fingerprint density at radius 2 is 1.04 bits per heavy atom. The van der Waals surface area contributed by atoms with Crippen LogP contribution in [0.5, 0.6) is 0 Å². The molecular weight excluding hydrogens is 613 g/mol. The minimum Gasteiger partial charge on any atom is -0.386 e. The lowest BCUT2D eigenvalue weighted by Gasteiger charge is -2.33. The molecule has 0 aromatic heterocycles. The van der Waals surface area contributed by atoms with Gasteiger partial charge in [0.15, 0.2) is 0 Å². The van der Waals surface area contributed by atoms with Gasteiger partial charge in [0.1, 0.15) is 12.6 Å². The lowest BCUT2D eigenvalue weighted by Crippen LogP contribution is -2.48. The van der Waals surface area contributed by atoms with Crippen LogP contribution in [0.4, 0.5) is 0 Å². The fraction of sp³-hybridized carbons (Fsp3) is 1.00. The number of nitrogens with one attached hydrogen (secondary N) is 1. The maximum atomic E-state index is 11.2. The van der Waals surface area contributed by atoms with Gasteiger partial charge in [-0.2, -0.15) is 0 Å². The van der Waals surface area contributed by atoms with Gasteiger partial charge in [-0.05, 0) is 81.7 Å². The van der Waals surface area contributed by atoms with E-state index < -0.39 is 0 Å². The second-order valence-corrected chi connectivity index (χ2v) is 19.5. The van der Waals surface area contributed by atoms with Gasteiger partial charge in [-0.15, -0.1) is 0 Å². The minimum absolute atomic E-state index is 0.211. The molecule has 3 fully saturated rings. The largest absolute Gasteiger partial charge is 0.386 e. The van der Waals surface area contributed by atoms with E-state index in [0.717, 1.165) is 53.1 Å². The van der Waals surface area contributed by atoms with E-state index in [0.29, 0.717) is 0 Å². The molecule has 0 radical (unpaired) electrons. The summed E-state index contributed by atoms with van der Waals surface area (Å²) in [7, 11) is 9.58. The maximum Gasteiger partial charge on any atom is 0.115 e.